The number of hydrogen-bond acceptors (Lipinski definition) is 6. The van der Waals surface area contributed by atoms with Gasteiger partial charge in [0.25, 0.3) is 0 Å². The van der Waals surface area contributed by atoms with E-state index in [-0.39, 0.29) is 11.7 Å². The second-order valence-corrected chi connectivity index (χ2v) is 7.42. The molecule has 4 rings (SSSR count). The fraction of sp³-hybridized carbons (Fsp3) is 0.650. The minimum atomic E-state index is -0.375. The molecule has 7 nitrogen and oxygen atoms in total. The first-order valence-electron chi connectivity index (χ1n) is 9.85. The van der Waals surface area contributed by atoms with Crippen LogP contribution in [0.1, 0.15) is 12.8 Å². The van der Waals surface area contributed by atoms with Gasteiger partial charge in [-0.25, -0.2) is 0 Å². The minimum Gasteiger partial charge on any atom is -0.495 e. The van der Waals surface area contributed by atoms with Gasteiger partial charge in [0.15, 0.2) is 5.79 Å². The van der Waals surface area contributed by atoms with Gasteiger partial charge in [-0.1, -0.05) is 12.1 Å². The molecular weight excluding hydrogens is 346 g/mol. The molecule has 7 heteroatoms. The first kappa shape index (κ1) is 18.5. The van der Waals surface area contributed by atoms with Gasteiger partial charge in [0.05, 0.1) is 32.6 Å². The number of methoxy groups -OCH3 is 1. The third kappa shape index (κ3) is 4.05. The van der Waals surface area contributed by atoms with E-state index in [2.05, 4.69) is 15.9 Å². The average molecular weight is 375 g/mol. The van der Waals surface area contributed by atoms with Crippen LogP contribution in [0.3, 0.4) is 0 Å². The molecule has 0 aromatic heterocycles. The van der Waals surface area contributed by atoms with Crippen molar-refractivity contribution in [2.45, 2.75) is 18.6 Å². The van der Waals surface area contributed by atoms with Crippen LogP contribution in [0.15, 0.2) is 24.3 Å². The second kappa shape index (κ2) is 8.04. The number of nitrogens with zero attached hydrogens (tertiary/aromatic N) is 3. The van der Waals surface area contributed by atoms with E-state index in [0.29, 0.717) is 19.8 Å². The Morgan fingerprint density at radius 1 is 1.04 bits per heavy atom. The number of anilines is 1. The Hall–Kier alpha value is -1.83. The lowest BCUT2D eigenvalue weighted by atomic mass is 10.0. The topological polar surface area (TPSA) is 54.5 Å². The van der Waals surface area contributed by atoms with E-state index < -0.39 is 0 Å². The number of hydrogen-bond donors (Lipinski definition) is 0. The van der Waals surface area contributed by atoms with Gasteiger partial charge >= 0.3 is 0 Å². The van der Waals surface area contributed by atoms with Crippen LogP contribution in [0.4, 0.5) is 5.69 Å². The standard InChI is InChI=1S/C20H29N3O4/c1-25-18-5-3-2-4-17(18)22-10-12-23(13-11-22)19(24)16-21-8-6-20(7-9-21)26-14-15-27-20/h2-5H,6-16H2,1H3. The lowest BCUT2D eigenvalue weighted by molar-refractivity contribution is -0.186. The Kier molecular flexibility index (Phi) is 5.52. The van der Waals surface area contributed by atoms with Gasteiger partial charge in [0.2, 0.25) is 5.91 Å². The summed E-state index contributed by atoms with van der Waals surface area (Å²) in [5.41, 5.74) is 1.10. The molecule has 1 aromatic rings. The highest BCUT2D eigenvalue weighted by atomic mass is 16.7. The van der Waals surface area contributed by atoms with Crippen LogP contribution in [-0.2, 0) is 14.3 Å². The Morgan fingerprint density at radius 3 is 2.37 bits per heavy atom. The van der Waals surface area contributed by atoms with Crippen molar-refractivity contribution in [1.82, 2.24) is 9.80 Å². The molecule has 0 atom stereocenters. The molecule has 148 valence electrons. The molecule has 3 aliphatic rings. The molecule has 0 aliphatic carbocycles. The number of amides is 1. The number of carbonyl (C=O) groups excluding carboxylic acids is 1. The summed E-state index contributed by atoms with van der Waals surface area (Å²) in [4.78, 5) is 19.2. The lowest BCUT2D eigenvalue weighted by Gasteiger charge is -2.40. The van der Waals surface area contributed by atoms with Crippen molar-refractivity contribution >= 4 is 11.6 Å². The summed E-state index contributed by atoms with van der Waals surface area (Å²) in [5, 5.41) is 0. The van der Waals surface area contributed by atoms with E-state index in [1.165, 1.54) is 0 Å². The maximum atomic E-state index is 12.7. The lowest BCUT2D eigenvalue weighted by Crippen LogP contribution is -2.53. The smallest absolute Gasteiger partial charge is 0.236 e. The van der Waals surface area contributed by atoms with E-state index >= 15 is 0 Å². The number of benzene rings is 1. The molecule has 1 amide bonds. The van der Waals surface area contributed by atoms with E-state index in [9.17, 15) is 4.79 Å². The largest absolute Gasteiger partial charge is 0.495 e. The van der Waals surface area contributed by atoms with Crippen LogP contribution in [0.2, 0.25) is 0 Å². The van der Waals surface area contributed by atoms with Crippen molar-refractivity contribution in [3.8, 4) is 5.75 Å². The summed E-state index contributed by atoms with van der Waals surface area (Å²) in [7, 11) is 1.70. The fourth-order valence-electron chi connectivity index (χ4n) is 4.22. The molecule has 3 heterocycles. The molecule has 1 aromatic carbocycles. The predicted octanol–water partition coefficient (Wildman–Crippen LogP) is 1.18. The highest BCUT2D eigenvalue weighted by Crippen LogP contribution is 2.31. The number of likely N-dealkylation sites (tertiary alicyclic amines) is 1. The monoisotopic (exact) mass is 375 g/mol. The van der Waals surface area contributed by atoms with Crippen LogP contribution in [0.25, 0.3) is 0 Å². The fourth-order valence-corrected chi connectivity index (χ4v) is 4.22. The van der Waals surface area contributed by atoms with Gasteiger partial charge < -0.3 is 24.0 Å². The Balaban J connectivity index is 1.25. The van der Waals surface area contributed by atoms with Crippen molar-refractivity contribution in [2.75, 3.05) is 71.0 Å². The van der Waals surface area contributed by atoms with Crippen molar-refractivity contribution in [2.24, 2.45) is 0 Å². The summed E-state index contributed by atoms with van der Waals surface area (Å²) >= 11 is 0. The van der Waals surface area contributed by atoms with Gasteiger partial charge in [-0.05, 0) is 12.1 Å². The molecule has 3 fully saturated rings. The summed E-state index contributed by atoms with van der Waals surface area (Å²) in [6.45, 7) is 6.74. The Bertz CT molecular complexity index is 644. The number of carbonyl (C=O) groups is 1. The van der Waals surface area contributed by atoms with Crippen LogP contribution < -0.4 is 9.64 Å². The molecule has 0 N–H and O–H groups in total. The van der Waals surface area contributed by atoms with Gasteiger partial charge in [-0.2, -0.15) is 0 Å². The molecule has 0 radical (unpaired) electrons. The quantitative estimate of drug-likeness (QED) is 0.788. The Morgan fingerprint density at radius 2 is 1.70 bits per heavy atom. The predicted molar refractivity (Wildman–Crippen MR) is 102 cm³/mol. The Labute approximate surface area is 160 Å². The van der Waals surface area contributed by atoms with Crippen LogP contribution in [-0.4, -0.2) is 87.6 Å². The van der Waals surface area contributed by atoms with Crippen LogP contribution in [0, 0.1) is 0 Å². The van der Waals surface area contributed by atoms with Crippen molar-refractivity contribution in [3.05, 3.63) is 24.3 Å². The zero-order valence-electron chi connectivity index (χ0n) is 16.1. The van der Waals surface area contributed by atoms with Crippen molar-refractivity contribution in [3.63, 3.8) is 0 Å². The molecule has 3 saturated heterocycles. The summed E-state index contributed by atoms with van der Waals surface area (Å²) < 4.78 is 17.0. The molecule has 1 spiro atoms. The van der Waals surface area contributed by atoms with Crippen molar-refractivity contribution < 1.29 is 19.0 Å². The number of ether oxygens (including phenoxy) is 3. The first-order chi connectivity index (χ1) is 13.2. The normalized spacial score (nSPS) is 23.0. The van der Waals surface area contributed by atoms with E-state index in [1.54, 1.807) is 7.11 Å². The number of para-hydroxylation sites is 2. The molecule has 27 heavy (non-hydrogen) atoms. The second-order valence-electron chi connectivity index (χ2n) is 7.42. The minimum absolute atomic E-state index is 0.221. The molecule has 0 saturated carbocycles. The van der Waals surface area contributed by atoms with Gasteiger partial charge in [0.1, 0.15) is 5.75 Å². The van der Waals surface area contributed by atoms with Gasteiger partial charge in [-0.3, -0.25) is 9.69 Å². The van der Waals surface area contributed by atoms with Crippen molar-refractivity contribution in [1.29, 1.82) is 0 Å². The molecule has 0 unspecified atom stereocenters. The zero-order valence-corrected chi connectivity index (χ0v) is 16.1. The maximum absolute atomic E-state index is 12.7. The summed E-state index contributed by atoms with van der Waals surface area (Å²) in [6, 6.07) is 8.06. The van der Waals surface area contributed by atoms with Crippen LogP contribution in [0.5, 0.6) is 5.75 Å². The number of piperidine rings is 1. The van der Waals surface area contributed by atoms with E-state index in [1.807, 2.05) is 23.1 Å². The maximum Gasteiger partial charge on any atom is 0.236 e. The van der Waals surface area contributed by atoms with Crippen LogP contribution >= 0.6 is 0 Å². The molecule has 0 bridgehead atoms. The van der Waals surface area contributed by atoms with Gasteiger partial charge in [-0.15, -0.1) is 0 Å². The SMILES string of the molecule is COc1ccccc1N1CCN(C(=O)CN2CCC3(CC2)OCCO3)CC1. The van der Waals surface area contributed by atoms with Gasteiger partial charge in [0, 0.05) is 52.1 Å². The number of rotatable bonds is 4. The zero-order chi connectivity index (χ0) is 18.7. The molecule has 3 aliphatic heterocycles. The first-order valence-corrected chi connectivity index (χ1v) is 9.85. The molecular formula is C20H29N3O4. The van der Waals surface area contributed by atoms with E-state index in [0.717, 1.165) is 63.5 Å². The van der Waals surface area contributed by atoms with E-state index in [4.69, 9.17) is 14.2 Å². The average Bonchev–Trinajstić information content (AvgIpc) is 3.18. The number of piperazine rings is 1. The summed E-state index contributed by atoms with van der Waals surface area (Å²) in [5.74, 6) is 0.731. The third-order valence-corrected chi connectivity index (χ3v) is 5.85. The summed E-state index contributed by atoms with van der Waals surface area (Å²) in [6.07, 6.45) is 1.70. The highest BCUT2D eigenvalue weighted by molar-refractivity contribution is 5.78. The highest BCUT2D eigenvalue weighted by Gasteiger charge is 2.40. The third-order valence-electron chi connectivity index (χ3n) is 5.85.